The number of amides is 1. The monoisotopic (exact) mass is 364 g/mol. The summed E-state index contributed by atoms with van der Waals surface area (Å²) < 4.78 is 5.47. The van der Waals surface area contributed by atoms with Crippen LogP contribution in [0.3, 0.4) is 0 Å². The van der Waals surface area contributed by atoms with Crippen LogP contribution in [0.25, 0.3) is 10.9 Å². The second-order valence-electron chi connectivity index (χ2n) is 6.76. The van der Waals surface area contributed by atoms with Crippen LogP contribution < -0.4 is 5.32 Å². The number of para-hydroxylation sites is 1. The van der Waals surface area contributed by atoms with E-state index in [0.717, 1.165) is 35.2 Å². The van der Waals surface area contributed by atoms with Gasteiger partial charge in [-0.1, -0.05) is 24.3 Å². The summed E-state index contributed by atoms with van der Waals surface area (Å²) in [5.41, 5.74) is 3.05. The second kappa shape index (κ2) is 8.33. The summed E-state index contributed by atoms with van der Waals surface area (Å²) in [7, 11) is 0. The minimum Gasteiger partial charge on any atom is -0.379 e. The molecule has 3 aromatic rings. The molecule has 27 heavy (non-hydrogen) atoms. The molecule has 0 unspecified atom stereocenters. The molecule has 2 aromatic heterocycles. The molecule has 1 fully saturated rings. The van der Waals surface area contributed by atoms with Crippen LogP contribution in [-0.4, -0.2) is 53.6 Å². The zero-order valence-electron chi connectivity index (χ0n) is 15.2. The lowest BCUT2D eigenvalue weighted by molar-refractivity contribution is -0.120. The Morgan fingerprint density at radius 2 is 2.00 bits per heavy atom. The highest BCUT2D eigenvalue weighted by Gasteiger charge is 2.24. The number of nitrogens with zero attached hydrogens (tertiary/aromatic N) is 2. The average Bonchev–Trinajstić information content (AvgIpc) is 3.13. The van der Waals surface area contributed by atoms with Crippen LogP contribution in [0.5, 0.6) is 0 Å². The van der Waals surface area contributed by atoms with E-state index < -0.39 is 0 Å². The quantitative estimate of drug-likeness (QED) is 0.704. The Hall–Kier alpha value is -2.70. The minimum atomic E-state index is 0.0222. The predicted molar refractivity (Wildman–Crippen MR) is 104 cm³/mol. The van der Waals surface area contributed by atoms with Gasteiger partial charge in [-0.3, -0.25) is 14.7 Å². The lowest BCUT2D eigenvalue weighted by atomic mass is 10.1. The van der Waals surface area contributed by atoms with Gasteiger partial charge in [-0.15, -0.1) is 0 Å². The van der Waals surface area contributed by atoms with E-state index in [9.17, 15) is 4.79 Å². The van der Waals surface area contributed by atoms with E-state index in [1.807, 2.05) is 48.7 Å². The van der Waals surface area contributed by atoms with Gasteiger partial charge in [0, 0.05) is 42.9 Å². The minimum absolute atomic E-state index is 0.0222. The molecule has 1 amide bonds. The van der Waals surface area contributed by atoms with Crippen molar-refractivity contribution in [2.45, 2.75) is 12.5 Å². The molecular formula is C21H24N4O2. The van der Waals surface area contributed by atoms with Crippen molar-refractivity contribution in [2.24, 2.45) is 0 Å². The zero-order valence-corrected chi connectivity index (χ0v) is 15.2. The molecule has 0 aliphatic carbocycles. The fourth-order valence-electron chi connectivity index (χ4n) is 3.61. The van der Waals surface area contributed by atoms with Crippen LogP contribution in [0, 0.1) is 0 Å². The maximum atomic E-state index is 12.6. The van der Waals surface area contributed by atoms with E-state index in [1.54, 1.807) is 6.20 Å². The Morgan fingerprint density at radius 1 is 1.19 bits per heavy atom. The number of H-pyrrole nitrogens is 1. The standard InChI is InChI=1S/C21H24N4O2/c26-21(13-16-14-23-18-6-2-1-5-17(16)18)24-15-20(19-7-3-4-8-22-19)25-9-11-27-12-10-25/h1-8,14,20,23H,9-13,15H2,(H,24,26)/t20-/m1/s1. The lowest BCUT2D eigenvalue weighted by Crippen LogP contribution is -2.44. The average molecular weight is 364 g/mol. The molecule has 2 N–H and O–H groups in total. The molecule has 1 saturated heterocycles. The number of rotatable bonds is 6. The number of hydrogen-bond acceptors (Lipinski definition) is 4. The number of carbonyl (C=O) groups is 1. The predicted octanol–water partition coefficient (Wildman–Crippen LogP) is 2.30. The number of aromatic nitrogens is 2. The van der Waals surface area contributed by atoms with Gasteiger partial charge >= 0.3 is 0 Å². The number of hydrogen-bond donors (Lipinski definition) is 2. The first kappa shape index (κ1) is 17.7. The molecule has 0 saturated carbocycles. The van der Waals surface area contributed by atoms with Crippen molar-refractivity contribution >= 4 is 16.8 Å². The fourth-order valence-corrected chi connectivity index (χ4v) is 3.61. The SMILES string of the molecule is O=C(Cc1c[nH]c2ccccc12)NC[C@H](c1ccccn1)N1CCOCC1. The van der Waals surface area contributed by atoms with E-state index in [1.165, 1.54) is 0 Å². The molecule has 6 nitrogen and oxygen atoms in total. The summed E-state index contributed by atoms with van der Waals surface area (Å²) in [6.07, 6.45) is 4.08. The molecule has 0 spiro atoms. The topological polar surface area (TPSA) is 70.2 Å². The van der Waals surface area contributed by atoms with Gasteiger partial charge in [0.15, 0.2) is 0 Å². The van der Waals surface area contributed by atoms with Crippen molar-refractivity contribution in [1.82, 2.24) is 20.2 Å². The smallest absolute Gasteiger partial charge is 0.224 e. The van der Waals surface area contributed by atoms with Gasteiger partial charge < -0.3 is 15.0 Å². The van der Waals surface area contributed by atoms with Crippen LogP contribution in [-0.2, 0) is 16.0 Å². The number of aromatic amines is 1. The summed E-state index contributed by atoms with van der Waals surface area (Å²) in [6, 6.07) is 14.0. The molecule has 3 heterocycles. The van der Waals surface area contributed by atoms with Crippen LogP contribution >= 0.6 is 0 Å². The lowest BCUT2D eigenvalue weighted by Gasteiger charge is -2.34. The van der Waals surface area contributed by atoms with Gasteiger partial charge in [0.25, 0.3) is 0 Å². The molecule has 0 bridgehead atoms. The van der Waals surface area contributed by atoms with Crippen molar-refractivity contribution in [1.29, 1.82) is 0 Å². The van der Waals surface area contributed by atoms with Crippen LogP contribution in [0.4, 0.5) is 0 Å². The first-order valence-corrected chi connectivity index (χ1v) is 9.35. The molecule has 1 atom stereocenters. The van der Waals surface area contributed by atoms with Gasteiger partial charge in [-0.2, -0.15) is 0 Å². The Kier molecular flexibility index (Phi) is 5.46. The van der Waals surface area contributed by atoms with Gasteiger partial charge in [0.2, 0.25) is 5.91 Å². The van der Waals surface area contributed by atoms with E-state index >= 15 is 0 Å². The van der Waals surface area contributed by atoms with Crippen LogP contribution in [0.1, 0.15) is 17.3 Å². The molecule has 4 rings (SSSR count). The van der Waals surface area contributed by atoms with Crippen molar-refractivity contribution in [2.75, 3.05) is 32.8 Å². The van der Waals surface area contributed by atoms with Crippen LogP contribution in [0.15, 0.2) is 54.9 Å². The molecule has 1 aliphatic heterocycles. The number of pyridine rings is 1. The number of benzene rings is 1. The third-order valence-electron chi connectivity index (χ3n) is 5.03. The highest BCUT2D eigenvalue weighted by atomic mass is 16.5. The van der Waals surface area contributed by atoms with Crippen LogP contribution in [0.2, 0.25) is 0 Å². The molecule has 1 aliphatic rings. The van der Waals surface area contributed by atoms with Gasteiger partial charge in [0.05, 0.1) is 31.4 Å². The normalized spacial score (nSPS) is 16.3. The maximum Gasteiger partial charge on any atom is 0.224 e. The number of fused-ring (bicyclic) bond motifs is 1. The third kappa shape index (κ3) is 4.18. The van der Waals surface area contributed by atoms with E-state index in [4.69, 9.17) is 4.74 Å². The third-order valence-corrected chi connectivity index (χ3v) is 5.03. The van der Waals surface area contributed by atoms with Crippen molar-refractivity contribution in [3.05, 3.63) is 66.1 Å². The van der Waals surface area contributed by atoms with Crippen molar-refractivity contribution in [3.63, 3.8) is 0 Å². The molecular weight excluding hydrogens is 340 g/mol. The molecule has 6 heteroatoms. The second-order valence-corrected chi connectivity index (χ2v) is 6.76. The summed E-state index contributed by atoms with van der Waals surface area (Å²) in [6.45, 7) is 3.66. The first-order valence-electron chi connectivity index (χ1n) is 9.35. The summed E-state index contributed by atoms with van der Waals surface area (Å²) in [4.78, 5) is 22.6. The Labute approximate surface area is 158 Å². The van der Waals surface area contributed by atoms with Gasteiger partial charge in [-0.25, -0.2) is 0 Å². The number of nitrogens with one attached hydrogen (secondary N) is 2. The fraction of sp³-hybridized carbons (Fsp3) is 0.333. The molecule has 0 radical (unpaired) electrons. The Bertz CT molecular complexity index is 887. The maximum absolute atomic E-state index is 12.6. The molecule has 1 aromatic carbocycles. The van der Waals surface area contributed by atoms with E-state index in [2.05, 4.69) is 20.2 Å². The van der Waals surface area contributed by atoms with E-state index in [-0.39, 0.29) is 11.9 Å². The largest absolute Gasteiger partial charge is 0.379 e. The van der Waals surface area contributed by atoms with Gasteiger partial charge in [-0.05, 0) is 23.8 Å². The van der Waals surface area contributed by atoms with Crippen molar-refractivity contribution < 1.29 is 9.53 Å². The Morgan fingerprint density at radius 3 is 2.81 bits per heavy atom. The van der Waals surface area contributed by atoms with Crippen molar-refractivity contribution in [3.8, 4) is 0 Å². The number of ether oxygens (including phenoxy) is 1. The van der Waals surface area contributed by atoms with E-state index in [0.29, 0.717) is 26.2 Å². The highest BCUT2D eigenvalue weighted by molar-refractivity contribution is 5.88. The first-order chi connectivity index (χ1) is 13.3. The summed E-state index contributed by atoms with van der Waals surface area (Å²) in [5, 5.41) is 4.21. The summed E-state index contributed by atoms with van der Waals surface area (Å²) >= 11 is 0. The number of morpholine rings is 1. The Balaban J connectivity index is 1.43. The van der Waals surface area contributed by atoms with Gasteiger partial charge in [0.1, 0.15) is 0 Å². The number of carbonyl (C=O) groups excluding carboxylic acids is 1. The zero-order chi connectivity index (χ0) is 18.5. The highest BCUT2D eigenvalue weighted by Crippen LogP contribution is 2.20. The molecule has 140 valence electrons. The summed E-state index contributed by atoms with van der Waals surface area (Å²) in [5.74, 6) is 0.0222.